The first-order valence-electron chi connectivity index (χ1n) is 7.76. The van der Waals surface area contributed by atoms with Gasteiger partial charge in [-0.1, -0.05) is 42.5 Å². The third-order valence-electron chi connectivity index (χ3n) is 4.99. The summed E-state index contributed by atoms with van der Waals surface area (Å²) in [6.45, 7) is 4.53. The van der Waals surface area contributed by atoms with Gasteiger partial charge in [0.2, 0.25) is 0 Å². The number of rotatable bonds is 3. The van der Waals surface area contributed by atoms with E-state index in [1.807, 2.05) is 0 Å². The Morgan fingerprint density at radius 1 is 1.15 bits per heavy atom. The van der Waals surface area contributed by atoms with Gasteiger partial charge < -0.3 is 10.2 Å². The van der Waals surface area contributed by atoms with Crippen molar-refractivity contribution in [2.75, 3.05) is 26.2 Å². The highest BCUT2D eigenvalue weighted by molar-refractivity contribution is 5.37. The Hall–Kier alpha value is -1.54. The molecule has 1 saturated heterocycles. The van der Waals surface area contributed by atoms with Crippen LogP contribution in [0.15, 0.2) is 54.3 Å². The highest BCUT2D eigenvalue weighted by atomic mass is 15.2. The smallest absolute Gasteiger partial charge is 0.0326 e. The molecule has 2 nitrogen and oxygen atoms in total. The van der Waals surface area contributed by atoms with Crippen molar-refractivity contribution in [3.63, 3.8) is 0 Å². The van der Waals surface area contributed by atoms with E-state index in [-0.39, 0.29) is 0 Å². The first-order valence-corrected chi connectivity index (χ1v) is 7.76. The summed E-state index contributed by atoms with van der Waals surface area (Å²) in [5, 5.41) is 3.42. The van der Waals surface area contributed by atoms with Gasteiger partial charge in [-0.05, 0) is 35.8 Å². The highest BCUT2D eigenvalue weighted by Gasteiger charge is 2.52. The van der Waals surface area contributed by atoms with Gasteiger partial charge in [0.1, 0.15) is 0 Å². The van der Waals surface area contributed by atoms with Crippen molar-refractivity contribution < 1.29 is 0 Å². The molecule has 0 spiro atoms. The number of piperazine rings is 1. The standard InChI is InChI=1S/C18H22N2/c1-2-4-15(5-3-1)13-18-7-6-17(12-16(18)14-18)20-10-8-19-9-11-20/h1-7,12,16,19H,8-11,13-14H2. The highest BCUT2D eigenvalue weighted by Crippen LogP contribution is 2.59. The zero-order valence-corrected chi connectivity index (χ0v) is 11.9. The molecule has 1 aromatic carbocycles. The molecular formula is C18H22N2. The predicted octanol–water partition coefficient (Wildman–Crippen LogP) is 2.59. The fraction of sp³-hybridized carbons (Fsp3) is 0.444. The lowest BCUT2D eigenvalue weighted by Gasteiger charge is -2.32. The number of hydrogen-bond donors (Lipinski definition) is 1. The summed E-state index contributed by atoms with van der Waals surface area (Å²) in [5.41, 5.74) is 3.36. The van der Waals surface area contributed by atoms with E-state index in [9.17, 15) is 0 Å². The Kier molecular flexibility index (Phi) is 2.92. The summed E-state index contributed by atoms with van der Waals surface area (Å²) in [4.78, 5) is 2.53. The van der Waals surface area contributed by atoms with Crippen LogP contribution in [0.2, 0.25) is 0 Å². The molecule has 0 aromatic heterocycles. The Balaban J connectivity index is 1.46. The van der Waals surface area contributed by atoms with Crippen LogP contribution in [0.3, 0.4) is 0 Å². The molecule has 0 amide bonds. The van der Waals surface area contributed by atoms with Gasteiger partial charge in [0, 0.05) is 31.9 Å². The average molecular weight is 266 g/mol. The van der Waals surface area contributed by atoms with Crippen molar-refractivity contribution in [3.8, 4) is 0 Å². The molecule has 3 aliphatic rings. The first kappa shape index (κ1) is 12.2. The van der Waals surface area contributed by atoms with E-state index in [0.717, 1.165) is 32.1 Å². The maximum absolute atomic E-state index is 3.42. The molecule has 2 fully saturated rings. The number of nitrogens with one attached hydrogen (secondary N) is 1. The Morgan fingerprint density at radius 2 is 1.95 bits per heavy atom. The van der Waals surface area contributed by atoms with Crippen LogP contribution in [-0.2, 0) is 6.42 Å². The van der Waals surface area contributed by atoms with E-state index in [1.165, 1.54) is 24.1 Å². The number of fused-ring (bicyclic) bond motifs is 1. The predicted molar refractivity (Wildman–Crippen MR) is 82.4 cm³/mol. The van der Waals surface area contributed by atoms with Gasteiger partial charge in [0.25, 0.3) is 0 Å². The van der Waals surface area contributed by atoms with Crippen LogP contribution in [0.1, 0.15) is 12.0 Å². The van der Waals surface area contributed by atoms with E-state index in [4.69, 9.17) is 0 Å². The summed E-state index contributed by atoms with van der Waals surface area (Å²) < 4.78 is 0. The van der Waals surface area contributed by atoms with E-state index >= 15 is 0 Å². The Bertz CT molecular complexity index is 540. The van der Waals surface area contributed by atoms with E-state index in [2.05, 4.69) is 58.8 Å². The first-order chi connectivity index (χ1) is 9.86. The lowest BCUT2D eigenvalue weighted by Crippen LogP contribution is -2.42. The fourth-order valence-electron chi connectivity index (χ4n) is 3.65. The van der Waals surface area contributed by atoms with Crippen LogP contribution in [-0.4, -0.2) is 31.1 Å². The normalized spacial score (nSPS) is 31.7. The molecule has 2 aliphatic carbocycles. The molecular weight excluding hydrogens is 244 g/mol. The zero-order chi connectivity index (χ0) is 13.4. The molecule has 0 bridgehead atoms. The number of nitrogens with zero attached hydrogens (tertiary/aromatic N) is 1. The van der Waals surface area contributed by atoms with Gasteiger partial charge in [-0.2, -0.15) is 0 Å². The lowest BCUT2D eigenvalue weighted by molar-refractivity contribution is 0.304. The Morgan fingerprint density at radius 3 is 2.70 bits per heavy atom. The molecule has 2 unspecified atom stereocenters. The summed E-state index contributed by atoms with van der Waals surface area (Å²) in [6.07, 6.45) is 9.91. The van der Waals surface area contributed by atoms with Gasteiger partial charge in [0.15, 0.2) is 0 Å². The minimum atomic E-state index is 0.429. The van der Waals surface area contributed by atoms with Gasteiger partial charge in [0.05, 0.1) is 0 Å². The third-order valence-corrected chi connectivity index (χ3v) is 4.99. The molecule has 1 aliphatic heterocycles. The zero-order valence-electron chi connectivity index (χ0n) is 11.9. The lowest BCUT2D eigenvalue weighted by atomic mass is 9.90. The van der Waals surface area contributed by atoms with E-state index < -0.39 is 0 Å². The molecule has 0 radical (unpaired) electrons. The van der Waals surface area contributed by atoms with Gasteiger partial charge in [-0.25, -0.2) is 0 Å². The average Bonchev–Trinajstić information content (AvgIpc) is 3.22. The molecule has 1 saturated carbocycles. The SMILES string of the molecule is C1=CC2(Cc3ccccc3)CC2C=C1N1CCNCC1. The monoisotopic (exact) mass is 266 g/mol. The van der Waals surface area contributed by atoms with Crippen LogP contribution in [0.25, 0.3) is 0 Å². The second kappa shape index (κ2) is 4.78. The van der Waals surface area contributed by atoms with Gasteiger partial charge >= 0.3 is 0 Å². The van der Waals surface area contributed by atoms with E-state index in [0.29, 0.717) is 5.41 Å². The Labute approximate surface area is 121 Å². The summed E-state index contributed by atoms with van der Waals surface area (Å²) in [6, 6.07) is 10.9. The molecule has 2 atom stereocenters. The van der Waals surface area contributed by atoms with Crippen molar-refractivity contribution in [2.24, 2.45) is 11.3 Å². The van der Waals surface area contributed by atoms with Crippen LogP contribution in [0.5, 0.6) is 0 Å². The summed E-state index contributed by atoms with van der Waals surface area (Å²) in [7, 11) is 0. The quantitative estimate of drug-likeness (QED) is 0.904. The molecule has 20 heavy (non-hydrogen) atoms. The third kappa shape index (κ3) is 2.18. The van der Waals surface area contributed by atoms with Gasteiger partial charge in [-0.15, -0.1) is 0 Å². The minimum absolute atomic E-state index is 0.429. The van der Waals surface area contributed by atoms with Crippen LogP contribution in [0, 0.1) is 11.3 Å². The van der Waals surface area contributed by atoms with Crippen molar-refractivity contribution in [3.05, 3.63) is 59.8 Å². The summed E-state index contributed by atoms with van der Waals surface area (Å²) in [5.74, 6) is 0.762. The van der Waals surface area contributed by atoms with Crippen LogP contribution in [0.4, 0.5) is 0 Å². The van der Waals surface area contributed by atoms with Gasteiger partial charge in [-0.3, -0.25) is 0 Å². The molecule has 4 rings (SSSR count). The topological polar surface area (TPSA) is 15.3 Å². The summed E-state index contributed by atoms with van der Waals surface area (Å²) >= 11 is 0. The number of allylic oxidation sites excluding steroid dienone is 3. The largest absolute Gasteiger partial charge is 0.369 e. The maximum Gasteiger partial charge on any atom is 0.0326 e. The number of hydrogen-bond acceptors (Lipinski definition) is 2. The van der Waals surface area contributed by atoms with Crippen LogP contribution >= 0.6 is 0 Å². The van der Waals surface area contributed by atoms with E-state index in [1.54, 1.807) is 0 Å². The fourth-order valence-corrected chi connectivity index (χ4v) is 3.65. The molecule has 2 heteroatoms. The molecule has 1 N–H and O–H groups in total. The van der Waals surface area contributed by atoms with Crippen molar-refractivity contribution in [2.45, 2.75) is 12.8 Å². The maximum atomic E-state index is 3.42. The van der Waals surface area contributed by atoms with Crippen molar-refractivity contribution in [1.29, 1.82) is 0 Å². The molecule has 1 heterocycles. The van der Waals surface area contributed by atoms with Crippen LogP contribution < -0.4 is 5.32 Å². The second-order valence-corrected chi connectivity index (χ2v) is 6.37. The van der Waals surface area contributed by atoms with Crippen molar-refractivity contribution in [1.82, 2.24) is 10.2 Å². The molecule has 1 aromatic rings. The minimum Gasteiger partial charge on any atom is -0.369 e. The molecule has 104 valence electrons. The number of benzene rings is 1. The van der Waals surface area contributed by atoms with Crippen molar-refractivity contribution >= 4 is 0 Å². The second-order valence-electron chi connectivity index (χ2n) is 6.37.